The summed E-state index contributed by atoms with van der Waals surface area (Å²) in [6.45, 7) is 0. The lowest BCUT2D eigenvalue weighted by atomic mass is 9.76. The van der Waals surface area contributed by atoms with E-state index in [0.717, 1.165) is 19.3 Å². The Hall–Kier alpha value is -0.0800. The number of aliphatic hydroxyl groups is 2. The Morgan fingerprint density at radius 3 is 2.42 bits per heavy atom. The SMILES string of the molecule is O[C@@H]1[C@H]2CCCC[C@@H]1[C@@H](O)CC2. The van der Waals surface area contributed by atoms with Crippen LogP contribution in [0.15, 0.2) is 0 Å². The van der Waals surface area contributed by atoms with Gasteiger partial charge < -0.3 is 10.2 Å². The fourth-order valence-electron chi connectivity index (χ4n) is 2.81. The molecule has 0 amide bonds. The molecule has 70 valence electrons. The summed E-state index contributed by atoms with van der Waals surface area (Å²) in [7, 11) is 0. The molecule has 2 N–H and O–H groups in total. The number of hydrogen-bond acceptors (Lipinski definition) is 2. The summed E-state index contributed by atoms with van der Waals surface area (Å²) < 4.78 is 0. The van der Waals surface area contributed by atoms with Gasteiger partial charge in [0, 0.05) is 5.92 Å². The second-order valence-electron chi connectivity index (χ2n) is 4.34. The van der Waals surface area contributed by atoms with Gasteiger partial charge >= 0.3 is 0 Å². The summed E-state index contributed by atoms with van der Waals surface area (Å²) in [5.41, 5.74) is 0. The second-order valence-corrected chi connectivity index (χ2v) is 4.34. The molecule has 0 unspecified atom stereocenters. The van der Waals surface area contributed by atoms with Crippen LogP contribution in [0.25, 0.3) is 0 Å². The third kappa shape index (κ3) is 1.38. The molecule has 12 heavy (non-hydrogen) atoms. The van der Waals surface area contributed by atoms with Crippen molar-refractivity contribution >= 4 is 0 Å². The van der Waals surface area contributed by atoms with E-state index < -0.39 is 0 Å². The van der Waals surface area contributed by atoms with Gasteiger partial charge in [-0.1, -0.05) is 12.8 Å². The summed E-state index contributed by atoms with van der Waals surface area (Å²) in [5.74, 6) is 0.673. The Bertz CT molecular complexity index is 158. The third-order valence-electron chi connectivity index (χ3n) is 3.61. The maximum atomic E-state index is 9.88. The quantitative estimate of drug-likeness (QED) is 0.575. The predicted molar refractivity (Wildman–Crippen MR) is 46.7 cm³/mol. The van der Waals surface area contributed by atoms with E-state index in [1.165, 1.54) is 19.3 Å². The van der Waals surface area contributed by atoms with Gasteiger partial charge in [0.25, 0.3) is 0 Å². The van der Waals surface area contributed by atoms with Gasteiger partial charge in [0.15, 0.2) is 0 Å². The molecule has 0 aromatic heterocycles. The van der Waals surface area contributed by atoms with Crippen LogP contribution in [-0.4, -0.2) is 22.4 Å². The number of hydrogen-bond donors (Lipinski definition) is 2. The zero-order chi connectivity index (χ0) is 8.55. The highest BCUT2D eigenvalue weighted by Gasteiger charge is 2.38. The molecule has 2 saturated carbocycles. The molecule has 2 nitrogen and oxygen atoms in total. The fraction of sp³-hybridized carbons (Fsp3) is 1.00. The summed E-state index contributed by atoms with van der Waals surface area (Å²) in [6, 6.07) is 0. The van der Waals surface area contributed by atoms with Crippen LogP contribution < -0.4 is 0 Å². The smallest absolute Gasteiger partial charge is 0.0621 e. The lowest BCUT2D eigenvalue weighted by Gasteiger charge is -2.36. The Balaban J connectivity index is 2.11. The van der Waals surface area contributed by atoms with Crippen molar-refractivity contribution in [3.05, 3.63) is 0 Å². The molecule has 0 spiro atoms. The van der Waals surface area contributed by atoms with E-state index in [1.54, 1.807) is 0 Å². The van der Waals surface area contributed by atoms with Gasteiger partial charge in [0.2, 0.25) is 0 Å². The molecule has 0 heterocycles. The van der Waals surface area contributed by atoms with Gasteiger partial charge in [0.05, 0.1) is 12.2 Å². The van der Waals surface area contributed by atoms with E-state index in [-0.39, 0.29) is 18.1 Å². The zero-order valence-electron chi connectivity index (χ0n) is 7.45. The van der Waals surface area contributed by atoms with Crippen LogP contribution in [0.2, 0.25) is 0 Å². The minimum Gasteiger partial charge on any atom is -0.393 e. The first-order valence-corrected chi connectivity index (χ1v) is 5.15. The molecule has 0 radical (unpaired) electrons. The van der Waals surface area contributed by atoms with Crippen molar-refractivity contribution in [2.24, 2.45) is 11.8 Å². The average Bonchev–Trinajstić information content (AvgIpc) is 2.16. The minimum atomic E-state index is -0.227. The van der Waals surface area contributed by atoms with E-state index in [0.29, 0.717) is 5.92 Å². The first-order valence-electron chi connectivity index (χ1n) is 5.15. The van der Waals surface area contributed by atoms with Crippen LogP contribution in [0.3, 0.4) is 0 Å². The molecule has 4 atom stereocenters. The van der Waals surface area contributed by atoms with Gasteiger partial charge in [0.1, 0.15) is 0 Å². The van der Waals surface area contributed by atoms with Crippen LogP contribution in [0, 0.1) is 11.8 Å². The maximum absolute atomic E-state index is 9.88. The fourth-order valence-corrected chi connectivity index (χ4v) is 2.81. The number of fused-ring (bicyclic) bond motifs is 2. The van der Waals surface area contributed by atoms with E-state index >= 15 is 0 Å². The van der Waals surface area contributed by atoms with Crippen LogP contribution in [0.1, 0.15) is 38.5 Å². The first kappa shape index (κ1) is 8.52. The van der Waals surface area contributed by atoms with Crippen LogP contribution in [0.4, 0.5) is 0 Å². The van der Waals surface area contributed by atoms with Crippen molar-refractivity contribution in [2.45, 2.75) is 50.7 Å². The molecule has 2 heteroatoms. The molecule has 0 saturated heterocycles. The monoisotopic (exact) mass is 170 g/mol. The van der Waals surface area contributed by atoms with E-state index in [2.05, 4.69) is 0 Å². The summed E-state index contributed by atoms with van der Waals surface area (Å²) >= 11 is 0. The molecule has 2 fully saturated rings. The molecule has 0 aliphatic heterocycles. The van der Waals surface area contributed by atoms with Crippen molar-refractivity contribution < 1.29 is 10.2 Å². The topological polar surface area (TPSA) is 40.5 Å². The third-order valence-corrected chi connectivity index (χ3v) is 3.61. The Labute approximate surface area is 73.6 Å². The van der Waals surface area contributed by atoms with Crippen molar-refractivity contribution in [2.75, 3.05) is 0 Å². The standard InChI is InChI=1S/C10H18O2/c11-9-6-5-7-3-1-2-4-8(9)10(7)12/h7-12H,1-6H2/t7-,8+,9-,10+/m0/s1. The Morgan fingerprint density at radius 1 is 0.833 bits per heavy atom. The maximum Gasteiger partial charge on any atom is 0.0621 e. The normalized spacial score (nSPS) is 48.5. The van der Waals surface area contributed by atoms with Gasteiger partial charge in [-0.3, -0.25) is 0 Å². The van der Waals surface area contributed by atoms with Crippen molar-refractivity contribution in [1.29, 1.82) is 0 Å². The van der Waals surface area contributed by atoms with Gasteiger partial charge in [-0.25, -0.2) is 0 Å². The Morgan fingerprint density at radius 2 is 1.58 bits per heavy atom. The van der Waals surface area contributed by atoms with Crippen molar-refractivity contribution in [1.82, 2.24) is 0 Å². The Kier molecular flexibility index (Phi) is 2.37. The molecule has 2 aliphatic carbocycles. The van der Waals surface area contributed by atoms with Gasteiger partial charge in [-0.05, 0) is 31.6 Å². The molecular formula is C10H18O2. The lowest BCUT2D eigenvalue weighted by molar-refractivity contribution is -0.0546. The minimum absolute atomic E-state index is 0.186. The van der Waals surface area contributed by atoms with Crippen molar-refractivity contribution in [3.63, 3.8) is 0 Å². The van der Waals surface area contributed by atoms with Crippen molar-refractivity contribution in [3.8, 4) is 0 Å². The molecule has 0 aromatic carbocycles. The van der Waals surface area contributed by atoms with Crippen LogP contribution in [-0.2, 0) is 0 Å². The summed E-state index contributed by atoms with van der Waals surface area (Å²) in [4.78, 5) is 0. The highest BCUT2D eigenvalue weighted by Crippen LogP contribution is 2.38. The number of aliphatic hydroxyl groups excluding tert-OH is 2. The van der Waals surface area contributed by atoms with E-state index in [1.807, 2.05) is 0 Å². The highest BCUT2D eigenvalue weighted by molar-refractivity contribution is 4.89. The molecular weight excluding hydrogens is 152 g/mol. The average molecular weight is 170 g/mol. The zero-order valence-corrected chi connectivity index (χ0v) is 7.45. The van der Waals surface area contributed by atoms with E-state index in [9.17, 15) is 10.2 Å². The molecule has 2 aliphatic rings. The number of rotatable bonds is 0. The van der Waals surface area contributed by atoms with Gasteiger partial charge in [-0.2, -0.15) is 0 Å². The molecule has 0 aromatic rings. The second kappa shape index (κ2) is 3.35. The first-order chi connectivity index (χ1) is 5.79. The summed E-state index contributed by atoms with van der Waals surface area (Å²) in [6.07, 6.45) is 6.12. The molecule has 2 bridgehead atoms. The van der Waals surface area contributed by atoms with Gasteiger partial charge in [-0.15, -0.1) is 0 Å². The highest BCUT2D eigenvalue weighted by atomic mass is 16.3. The van der Waals surface area contributed by atoms with E-state index in [4.69, 9.17) is 0 Å². The predicted octanol–water partition coefficient (Wildman–Crippen LogP) is 1.31. The van der Waals surface area contributed by atoms with Crippen LogP contribution >= 0.6 is 0 Å². The van der Waals surface area contributed by atoms with Crippen LogP contribution in [0.5, 0.6) is 0 Å². The largest absolute Gasteiger partial charge is 0.393 e. The molecule has 2 rings (SSSR count). The lowest BCUT2D eigenvalue weighted by Crippen LogP contribution is -2.40. The summed E-state index contributed by atoms with van der Waals surface area (Å²) in [5, 5.41) is 19.5.